The molecule has 2 aromatic rings. The third-order valence-corrected chi connectivity index (χ3v) is 4.05. The van der Waals surface area contributed by atoms with Crippen LogP contribution < -0.4 is 10.1 Å². The topological polar surface area (TPSA) is 64.1 Å². The standard InChI is InChI=1S/C18H21N3O2/c1-13-7-12-17(21-20-13)23-16-10-8-14(9-11-16)18(22)19-15-5-3-2-4-6-15/h7-12,15H,2-6H2,1H3,(H,19,22). The van der Waals surface area contributed by atoms with Crippen LogP contribution in [0.25, 0.3) is 0 Å². The molecule has 1 saturated carbocycles. The van der Waals surface area contributed by atoms with Crippen LogP contribution in [0.3, 0.4) is 0 Å². The minimum atomic E-state index is -0.0152. The third kappa shape index (κ3) is 4.28. The van der Waals surface area contributed by atoms with Crippen LogP contribution in [0.5, 0.6) is 11.6 Å². The largest absolute Gasteiger partial charge is 0.438 e. The van der Waals surface area contributed by atoms with Crippen molar-refractivity contribution in [1.82, 2.24) is 15.5 Å². The Labute approximate surface area is 136 Å². The van der Waals surface area contributed by atoms with Crippen LogP contribution in [0, 0.1) is 6.92 Å². The SMILES string of the molecule is Cc1ccc(Oc2ccc(C(=O)NC3CCCCC3)cc2)nn1. The van der Waals surface area contributed by atoms with Gasteiger partial charge in [-0.1, -0.05) is 19.3 Å². The average molecular weight is 311 g/mol. The number of aryl methyl sites for hydroxylation is 1. The molecule has 1 amide bonds. The second-order valence-corrected chi connectivity index (χ2v) is 5.95. The highest BCUT2D eigenvalue weighted by atomic mass is 16.5. The molecule has 0 unspecified atom stereocenters. The first-order valence-corrected chi connectivity index (χ1v) is 8.10. The van der Waals surface area contributed by atoms with E-state index in [1.54, 1.807) is 30.3 Å². The minimum Gasteiger partial charge on any atom is -0.438 e. The first-order chi connectivity index (χ1) is 11.2. The van der Waals surface area contributed by atoms with Crippen molar-refractivity contribution in [3.63, 3.8) is 0 Å². The predicted molar refractivity (Wildman–Crippen MR) is 87.6 cm³/mol. The number of carbonyl (C=O) groups is 1. The van der Waals surface area contributed by atoms with Crippen LogP contribution in [-0.4, -0.2) is 22.1 Å². The zero-order valence-corrected chi connectivity index (χ0v) is 13.3. The van der Waals surface area contributed by atoms with Crippen LogP contribution in [0.1, 0.15) is 48.2 Å². The lowest BCUT2D eigenvalue weighted by atomic mass is 9.95. The van der Waals surface area contributed by atoms with Gasteiger partial charge in [0.1, 0.15) is 5.75 Å². The molecule has 120 valence electrons. The number of rotatable bonds is 4. The monoisotopic (exact) mass is 311 g/mol. The molecule has 1 aromatic carbocycles. The van der Waals surface area contributed by atoms with Gasteiger partial charge in [-0.05, 0) is 50.1 Å². The molecule has 1 fully saturated rings. The summed E-state index contributed by atoms with van der Waals surface area (Å²) in [7, 11) is 0. The fraction of sp³-hybridized carbons (Fsp3) is 0.389. The fourth-order valence-corrected chi connectivity index (χ4v) is 2.75. The second kappa shape index (κ2) is 7.22. The molecule has 1 aliphatic carbocycles. The molecular weight excluding hydrogens is 290 g/mol. The van der Waals surface area contributed by atoms with E-state index < -0.39 is 0 Å². The number of aromatic nitrogens is 2. The zero-order chi connectivity index (χ0) is 16.1. The van der Waals surface area contributed by atoms with Gasteiger partial charge in [0.25, 0.3) is 5.91 Å². The normalized spacial score (nSPS) is 15.2. The van der Waals surface area contributed by atoms with Crippen molar-refractivity contribution in [3.05, 3.63) is 47.7 Å². The van der Waals surface area contributed by atoms with E-state index in [9.17, 15) is 4.79 Å². The Hall–Kier alpha value is -2.43. The Morgan fingerprint density at radius 1 is 1.04 bits per heavy atom. The molecule has 0 saturated heterocycles. The lowest BCUT2D eigenvalue weighted by molar-refractivity contribution is 0.0927. The Balaban J connectivity index is 1.59. The average Bonchev–Trinajstić information content (AvgIpc) is 2.58. The predicted octanol–water partition coefficient (Wildman–Crippen LogP) is 3.64. The molecule has 5 heteroatoms. The van der Waals surface area contributed by atoms with Gasteiger partial charge in [0, 0.05) is 17.7 Å². The number of benzene rings is 1. The van der Waals surface area contributed by atoms with Crippen molar-refractivity contribution in [2.24, 2.45) is 0 Å². The van der Waals surface area contributed by atoms with E-state index in [1.165, 1.54) is 19.3 Å². The van der Waals surface area contributed by atoms with Gasteiger partial charge in [0.05, 0.1) is 5.69 Å². The summed E-state index contributed by atoms with van der Waals surface area (Å²) >= 11 is 0. The minimum absolute atomic E-state index is 0.0152. The number of nitrogens with zero attached hydrogens (tertiary/aromatic N) is 2. The number of amides is 1. The molecule has 1 aliphatic rings. The van der Waals surface area contributed by atoms with Gasteiger partial charge in [-0.2, -0.15) is 5.10 Å². The number of ether oxygens (including phenoxy) is 1. The summed E-state index contributed by atoms with van der Waals surface area (Å²) in [5.74, 6) is 1.06. The number of nitrogens with one attached hydrogen (secondary N) is 1. The van der Waals surface area contributed by atoms with Crippen LogP contribution in [-0.2, 0) is 0 Å². The van der Waals surface area contributed by atoms with Gasteiger partial charge < -0.3 is 10.1 Å². The maximum Gasteiger partial charge on any atom is 0.251 e. The van der Waals surface area contributed by atoms with Gasteiger partial charge in [0.15, 0.2) is 0 Å². The molecule has 5 nitrogen and oxygen atoms in total. The quantitative estimate of drug-likeness (QED) is 0.936. The number of hydrogen-bond acceptors (Lipinski definition) is 4. The zero-order valence-electron chi connectivity index (χ0n) is 13.3. The van der Waals surface area contributed by atoms with Crippen LogP contribution in [0.4, 0.5) is 0 Å². The highest BCUT2D eigenvalue weighted by molar-refractivity contribution is 5.94. The van der Waals surface area contributed by atoms with Gasteiger partial charge in [-0.15, -0.1) is 5.10 Å². The summed E-state index contributed by atoms with van der Waals surface area (Å²) in [6.45, 7) is 1.87. The van der Waals surface area contributed by atoms with Crippen molar-refractivity contribution in [1.29, 1.82) is 0 Å². The molecule has 0 radical (unpaired) electrons. The Kier molecular flexibility index (Phi) is 4.86. The van der Waals surface area contributed by atoms with Gasteiger partial charge in [-0.25, -0.2) is 0 Å². The van der Waals surface area contributed by atoms with E-state index >= 15 is 0 Å². The molecule has 1 N–H and O–H groups in total. The Morgan fingerprint density at radius 2 is 1.78 bits per heavy atom. The van der Waals surface area contributed by atoms with Crippen molar-refractivity contribution in [3.8, 4) is 11.6 Å². The van der Waals surface area contributed by atoms with E-state index in [0.717, 1.165) is 18.5 Å². The first kappa shape index (κ1) is 15.5. The summed E-state index contributed by atoms with van der Waals surface area (Å²) in [6.07, 6.45) is 5.85. The van der Waals surface area contributed by atoms with Gasteiger partial charge in [-0.3, -0.25) is 4.79 Å². The van der Waals surface area contributed by atoms with Crippen LogP contribution in [0.2, 0.25) is 0 Å². The lowest BCUT2D eigenvalue weighted by Gasteiger charge is -2.22. The summed E-state index contributed by atoms with van der Waals surface area (Å²) in [4.78, 5) is 12.2. The summed E-state index contributed by atoms with van der Waals surface area (Å²) < 4.78 is 5.61. The van der Waals surface area contributed by atoms with Gasteiger partial charge >= 0.3 is 0 Å². The van der Waals surface area contributed by atoms with E-state index in [2.05, 4.69) is 15.5 Å². The highest BCUT2D eigenvalue weighted by Gasteiger charge is 2.16. The smallest absolute Gasteiger partial charge is 0.251 e. The van der Waals surface area contributed by atoms with Crippen molar-refractivity contribution >= 4 is 5.91 Å². The molecule has 23 heavy (non-hydrogen) atoms. The maximum atomic E-state index is 12.2. The van der Waals surface area contributed by atoms with Crippen molar-refractivity contribution < 1.29 is 9.53 Å². The van der Waals surface area contributed by atoms with Crippen molar-refractivity contribution in [2.75, 3.05) is 0 Å². The van der Waals surface area contributed by atoms with Gasteiger partial charge in [0.2, 0.25) is 5.88 Å². The second-order valence-electron chi connectivity index (χ2n) is 5.95. The molecule has 0 bridgehead atoms. The van der Waals surface area contributed by atoms with E-state index in [0.29, 0.717) is 23.2 Å². The molecular formula is C18H21N3O2. The number of hydrogen-bond donors (Lipinski definition) is 1. The summed E-state index contributed by atoms with van der Waals surface area (Å²) in [5, 5.41) is 11.0. The Morgan fingerprint density at radius 3 is 2.43 bits per heavy atom. The molecule has 0 spiro atoms. The van der Waals surface area contributed by atoms with E-state index in [1.807, 2.05) is 13.0 Å². The molecule has 3 rings (SSSR count). The fourth-order valence-electron chi connectivity index (χ4n) is 2.75. The number of carbonyl (C=O) groups excluding carboxylic acids is 1. The first-order valence-electron chi connectivity index (χ1n) is 8.10. The maximum absolute atomic E-state index is 12.2. The van der Waals surface area contributed by atoms with Crippen LogP contribution >= 0.6 is 0 Å². The van der Waals surface area contributed by atoms with Crippen molar-refractivity contribution in [2.45, 2.75) is 45.1 Å². The summed E-state index contributed by atoms with van der Waals surface area (Å²) in [5.41, 5.74) is 1.49. The van der Waals surface area contributed by atoms with Crippen LogP contribution in [0.15, 0.2) is 36.4 Å². The molecule has 1 aromatic heterocycles. The molecule has 1 heterocycles. The lowest BCUT2D eigenvalue weighted by Crippen LogP contribution is -2.36. The molecule has 0 aliphatic heterocycles. The summed E-state index contributed by atoms with van der Waals surface area (Å²) in [6, 6.07) is 11.0. The third-order valence-electron chi connectivity index (χ3n) is 4.05. The van der Waals surface area contributed by atoms with E-state index in [-0.39, 0.29) is 5.91 Å². The molecule has 0 atom stereocenters. The van der Waals surface area contributed by atoms with E-state index in [4.69, 9.17) is 4.74 Å². The Bertz CT molecular complexity index is 647. The highest BCUT2D eigenvalue weighted by Crippen LogP contribution is 2.20.